The molecule has 1 aliphatic rings. The number of rotatable bonds is 4. The predicted molar refractivity (Wildman–Crippen MR) is 116 cm³/mol. The molecule has 29 heavy (non-hydrogen) atoms. The molecule has 0 aliphatic heterocycles. The Kier molecular flexibility index (Phi) is 5.59. The van der Waals surface area contributed by atoms with Gasteiger partial charge in [0.25, 0.3) is 5.91 Å². The normalized spacial score (nSPS) is 19.4. The molecule has 2 unspecified atom stereocenters. The maximum Gasteiger partial charge on any atom is 0.256 e. The highest BCUT2D eigenvalue weighted by Crippen LogP contribution is 2.25. The van der Waals surface area contributed by atoms with Crippen LogP contribution in [0.3, 0.4) is 0 Å². The molecule has 5 nitrogen and oxygen atoms in total. The molecule has 0 saturated heterocycles. The molecule has 1 N–H and O–H groups in total. The summed E-state index contributed by atoms with van der Waals surface area (Å²) in [4.78, 5) is 17.7. The monoisotopic (exact) mass is 410 g/mol. The van der Waals surface area contributed by atoms with Gasteiger partial charge in [-0.15, -0.1) is 0 Å². The summed E-state index contributed by atoms with van der Waals surface area (Å²) in [5, 5.41) is 8.42. The van der Waals surface area contributed by atoms with E-state index in [0.717, 1.165) is 40.4 Å². The summed E-state index contributed by atoms with van der Waals surface area (Å²) in [6, 6.07) is 8.09. The molecule has 1 saturated carbocycles. The van der Waals surface area contributed by atoms with Gasteiger partial charge in [0.05, 0.1) is 6.20 Å². The predicted octanol–water partition coefficient (Wildman–Crippen LogP) is 4.90. The van der Waals surface area contributed by atoms with E-state index in [1.165, 1.54) is 19.3 Å². The smallest absolute Gasteiger partial charge is 0.256 e. The van der Waals surface area contributed by atoms with Crippen LogP contribution in [0.25, 0.3) is 5.65 Å². The van der Waals surface area contributed by atoms with Gasteiger partial charge in [0, 0.05) is 28.9 Å². The molecular weight excluding hydrogens is 384 g/mol. The number of benzene rings is 1. The molecule has 4 rings (SSSR count). The minimum atomic E-state index is -0.0763. The third-order valence-electron chi connectivity index (χ3n) is 6.15. The van der Waals surface area contributed by atoms with Crippen molar-refractivity contribution in [3.05, 3.63) is 63.6 Å². The average Bonchev–Trinajstić information content (AvgIpc) is 3.11. The lowest BCUT2D eigenvalue weighted by atomic mass is 9.86. The zero-order chi connectivity index (χ0) is 20.5. The van der Waals surface area contributed by atoms with E-state index >= 15 is 0 Å². The fraction of sp³-hybridized carbons (Fsp3) is 0.435. The number of hydrogen-bond acceptors (Lipinski definition) is 3. The highest BCUT2D eigenvalue weighted by molar-refractivity contribution is 6.30. The first-order valence-electron chi connectivity index (χ1n) is 10.3. The number of hydrogen-bond donors (Lipinski definition) is 1. The first-order valence-corrected chi connectivity index (χ1v) is 10.7. The van der Waals surface area contributed by atoms with E-state index < -0.39 is 0 Å². The number of halogens is 1. The molecule has 2 heterocycles. The van der Waals surface area contributed by atoms with E-state index in [9.17, 15) is 4.79 Å². The van der Waals surface area contributed by atoms with Gasteiger partial charge in [0.15, 0.2) is 5.65 Å². The summed E-state index contributed by atoms with van der Waals surface area (Å²) in [6.45, 7) is 6.24. The highest BCUT2D eigenvalue weighted by atomic mass is 35.5. The summed E-state index contributed by atoms with van der Waals surface area (Å²) in [7, 11) is 0. The first-order chi connectivity index (χ1) is 13.9. The van der Waals surface area contributed by atoms with E-state index in [4.69, 9.17) is 16.6 Å². The van der Waals surface area contributed by atoms with E-state index in [1.807, 2.05) is 32.0 Å². The molecule has 0 bridgehead atoms. The summed E-state index contributed by atoms with van der Waals surface area (Å²) >= 11 is 6.14. The van der Waals surface area contributed by atoms with E-state index in [2.05, 4.69) is 23.4 Å². The van der Waals surface area contributed by atoms with Gasteiger partial charge in [0.1, 0.15) is 5.56 Å². The third-order valence-corrected chi connectivity index (χ3v) is 6.39. The Morgan fingerprint density at radius 3 is 2.83 bits per heavy atom. The molecule has 6 heteroatoms. The largest absolute Gasteiger partial charge is 0.349 e. The fourth-order valence-corrected chi connectivity index (χ4v) is 4.57. The Morgan fingerprint density at radius 2 is 2.07 bits per heavy atom. The molecule has 1 aromatic carbocycles. The number of fused-ring (bicyclic) bond motifs is 1. The molecule has 152 valence electrons. The van der Waals surface area contributed by atoms with Crippen molar-refractivity contribution in [2.24, 2.45) is 5.92 Å². The van der Waals surface area contributed by atoms with Gasteiger partial charge in [0.2, 0.25) is 0 Å². The topological polar surface area (TPSA) is 59.3 Å². The number of carbonyl (C=O) groups excluding carboxylic acids is 1. The van der Waals surface area contributed by atoms with Crippen LogP contribution in [0.4, 0.5) is 0 Å². The number of nitrogens with zero attached hydrogens (tertiary/aromatic N) is 3. The second-order valence-corrected chi connectivity index (χ2v) is 8.64. The number of aromatic nitrogens is 3. The molecule has 3 aromatic rings. The van der Waals surface area contributed by atoms with Crippen molar-refractivity contribution in [2.45, 2.75) is 58.9 Å². The van der Waals surface area contributed by atoms with Gasteiger partial charge in [-0.25, -0.2) is 9.50 Å². The Labute approximate surface area is 176 Å². The zero-order valence-electron chi connectivity index (χ0n) is 17.2. The number of amides is 1. The zero-order valence-corrected chi connectivity index (χ0v) is 18.0. The van der Waals surface area contributed by atoms with Crippen LogP contribution in [-0.4, -0.2) is 26.5 Å². The summed E-state index contributed by atoms with van der Waals surface area (Å²) in [5.74, 6) is 0.433. The maximum absolute atomic E-state index is 13.0. The Bertz CT molecular complexity index is 1060. The van der Waals surface area contributed by atoms with Crippen LogP contribution in [0, 0.1) is 19.8 Å². The van der Waals surface area contributed by atoms with Crippen LogP contribution < -0.4 is 5.32 Å². The second-order valence-electron chi connectivity index (χ2n) is 8.20. The Morgan fingerprint density at radius 1 is 1.28 bits per heavy atom. The molecule has 0 spiro atoms. The van der Waals surface area contributed by atoms with Gasteiger partial charge >= 0.3 is 0 Å². The average molecular weight is 411 g/mol. The van der Waals surface area contributed by atoms with Gasteiger partial charge in [-0.3, -0.25) is 4.79 Å². The van der Waals surface area contributed by atoms with Crippen molar-refractivity contribution in [1.82, 2.24) is 19.9 Å². The van der Waals surface area contributed by atoms with Crippen LogP contribution in [0.5, 0.6) is 0 Å². The lowest BCUT2D eigenvalue weighted by Crippen LogP contribution is -2.41. The minimum Gasteiger partial charge on any atom is -0.349 e. The summed E-state index contributed by atoms with van der Waals surface area (Å²) in [6.07, 6.45) is 7.00. The quantitative estimate of drug-likeness (QED) is 0.665. The number of nitrogens with one attached hydrogen (secondary N) is 1. The molecule has 1 amide bonds. The lowest BCUT2D eigenvalue weighted by molar-refractivity contribution is 0.0912. The van der Waals surface area contributed by atoms with Crippen LogP contribution >= 0.6 is 11.6 Å². The van der Waals surface area contributed by atoms with E-state index in [0.29, 0.717) is 17.1 Å². The van der Waals surface area contributed by atoms with Crippen molar-refractivity contribution in [3.8, 4) is 0 Å². The molecule has 2 atom stereocenters. The summed E-state index contributed by atoms with van der Waals surface area (Å²) in [5.41, 5.74) is 5.31. The van der Waals surface area contributed by atoms with Crippen LogP contribution in [0.1, 0.15) is 65.5 Å². The maximum atomic E-state index is 13.0. The van der Waals surface area contributed by atoms with Crippen molar-refractivity contribution in [2.75, 3.05) is 0 Å². The Hall–Kier alpha value is -2.40. The van der Waals surface area contributed by atoms with Gasteiger partial charge in [-0.2, -0.15) is 5.10 Å². The van der Waals surface area contributed by atoms with E-state index in [-0.39, 0.29) is 11.9 Å². The molecule has 1 fully saturated rings. The SMILES string of the molecule is Cc1nc2c(C(=O)NC3CCCCC3C)cnn2c(C)c1Cc1cccc(Cl)c1. The molecule has 2 aromatic heterocycles. The Balaban J connectivity index is 1.64. The molecule has 0 radical (unpaired) electrons. The van der Waals surface area contributed by atoms with Crippen molar-refractivity contribution in [3.63, 3.8) is 0 Å². The number of carbonyl (C=O) groups is 1. The highest BCUT2D eigenvalue weighted by Gasteiger charge is 2.25. The standard InChI is InChI=1S/C23H27ClN4O/c1-14-7-4-5-10-21(14)27-23(29)20-13-25-28-16(3)19(15(2)26-22(20)28)12-17-8-6-9-18(24)11-17/h6,8-9,11,13-14,21H,4-5,7,10,12H2,1-3H3,(H,27,29). The molecule has 1 aliphatic carbocycles. The third kappa shape index (κ3) is 4.01. The van der Waals surface area contributed by atoms with Crippen molar-refractivity contribution >= 4 is 23.2 Å². The summed E-state index contributed by atoms with van der Waals surface area (Å²) < 4.78 is 1.78. The van der Waals surface area contributed by atoms with Crippen molar-refractivity contribution < 1.29 is 4.79 Å². The number of aryl methyl sites for hydroxylation is 2. The lowest BCUT2D eigenvalue weighted by Gasteiger charge is -2.29. The van der Waals surface area contributed by atoms with Crippen LogP contribution in [0.2, 0.25) is 5.02 Å². The van der Waals surface area contributed by atoms with Gasteiger partial charge in [-0.05, 0) is 55.9 Å². The van der Waals surface area contributed by atoms with Crippen LogP contribution in [0.15, 0.2) is 30.5 Å². The van der Waals surface area contributed by atoms with Gasteiger partial charge in [-0.1, -0.05) is 43.5 Å². The first kappa shape index (κ1) is 19.9. The van der Waals surface area contributed by atoms with Crippen molar-refractivity contribution in [1.29, 1.82) is 0 Å². The van der Waals surface area contributed by atoms with Crippen LogP contribution in [-0.2, 0) is 6.42 Å². The fourth-order valence-electron chi connectivity index (χ4n) is 4.35. The van der Waals surface area contributed by atoms with Gasteiger partial charge < -0.3 is 5.32 Å². The van der Waals surface area contributed by atoms with E-state index in [1.54, 1.807) is 10.7 Å². The minimum absolute atomic E-state index is 0.0763. The second kappa shape index (κ2) is 8.15. The molecular formula is C23H27ClN4O.